The lowest BCUT2D eigenvalue weighted by atomic mass is 10.4. The Balaban J connectivity index is 2.46. The van der Waals surface area contributed by atoms with E-state index in [4.69, 9.17) is 16.7 Å². The van der Waals surface area contributed by atoms with E-state index in [-0.39, 0.29) is 5.69 Å². The Labute approximate surface area is 99.0 Å². The van der Waals surface area contributed by atoms with Gasteiger partial charge in [0.25, 0.3) is 0 Å². The largest absolute Gasteiger partial charge is 0.476 e. The van der Waals surface area contributed by atoms with E-state index in [9.17, 15) is 4.79 Å². The van der Waals surface area contributed by atoms with Crippen LogP contribution in [0.5, 0.6) is 0 Å². The van der Waals surface area contributed by atoms with Crippen molar-refractivity contribution in [1.29, 1.82) is 0 Å². The van der Waals surface area contributed by atoms with Crippen molar-refractivity contribution in [2.75, 3.05) is 0 Å². The quantitative estimate of drug-likeness (QED) is 0.898. The first-order valence-corrected chi connectivity index (χ1v) is 6.10. The lowest BCUT2D eigenvalue weighted by molar-refractivity contribution is 0.0690. The summed E-state index contributed by atoms with van der Waals surface area (Å²) in [7, 11) is 0. The van der Waals surface area contributed by atoms with Gasteiger partial charge in [-0.1, -0.05) is 11.6 Å². The van der Waals surface area contributed by atoms with E-state index >= 15 is 0 Å². The van der Waals surface area contributed by atoms with E-state index in [1.165, 1.54) is 22.7 Å². The first kappa shape index (κ1) is 10.6. The minimum Gasteiger partial charge on any atom is -0.476 e. The van der Waals surface area contributed by atoms with Gasteiger partial charge in [0.1, 0.15) is 5.01 Å². The second kappa shape index (κ2) is 3.92. The lowest BCUT2D eigenvalue weighted by Crippen LogP contribution is -1.98. The third-order valence-electron chi connectivity index (χ3n) is 1.78. The molecular weight excluding hydrogens is 254 g/mol. The van der Waals surface area contributed by atoms with E-state index in [0.717, 1.165) is 4.88 Å². The zero-order chi connectivity index (χ0) is 11.0. The standard InChI is InChI=1S/C9H6ClNO2S2/c1-4-7(9(12)13)11-8(15-4)6-2-5(10)3-14-6/h2-3H,1H3,(H,12,13). The topological polar surface area (TPSA) is 50.2 Å². The molecule has 0 unspecified atom stereocenters. The number of hydrogen-bond donors (Lipinski definition) is 1. The molecule has 0 aliphatic carbocycles. The Morgan fingerprint density at radius 1 is 1.60 bits per heavy atom. The Morgan fingerprint density at radius 2 is 2.33 bits per heavy atom. The number of halogens is 1. The monoisotopic (exact) mass is 259 g/mol. The average molecular weight is 260 g/mol. The van der Waals surface area contributed by atoms with E-state index in [1.807, 2.05) is 0 Å². The highest BCUT2D eigenvalue weighted by molar-refractivity contribution is 7.21. The number of thiophene rings is 1. The van der Waals surface area contributed by atoms with E-state index in [2.05, 4.69) is 4.98 Å². The molecule has 0 radical (unpaired) electrons. The van der Waals surface area contributed by atoms with Gasteiger partial charge in [0, 0.05) is 10.3 Å². The van der Waals surface area contributed by atoms with Crippen LogP contribution in [0.1, 0.15) is 15.4 Å². The molecule has 0 spiro atoms. The van der Waals surface area contributed by atoms with Gasteiger partial charge in [0.15, 0.2) is 5.69 Å². The van der Waals surface area contributed by atoms with Crippen molar-refractivity contribution in [3.05, 3.63) is 27.0 Å². The van der Waals surface area contributed by atoms with Crippen LogP contribution in [-0.2, 0) is 0 Å². The Hall–Kier alpha value is -0.910. The van der Waals surface area contributed by atoms with Crippen molar-refractivity contribution < 1.29 is 9.90 Å². The highest BCUT2D eigenvalue weighted by Crippen LogP contribution is 2.33. The highest BCUT2D eigenvalue weighted by Gasteiger charge is 2.15. The number of rotatable bonds is 2. The maximum absolute atomic E-state index is 10.8. The Bertz CT molecular complexity index is 518. The zero-order valence-corrected chi connectivity index (χ0v) is 10.0. The molecular formula is C9H6ClNO2S2. The summed E-state index contributed by atoms with van der Waals surface area (Å²) in [6, 6.07) is 1.79. The number of aromatic carboxylic acids is 1. The molecule has 0 amide bonds. The average Bonchev–Trinajstić information content (AvgIpc) is 2.71. The molecule has 1 N–H and O–H groups in total. The molecule has 6 heteroatoms. The van der Waals surface area contributed by atoms with Gasteiger partial charge in [-0.2, -0.15) is 0 Å². The molecule has 15 heavy (non-hydrogen) atoms. The van der Waals surface area contributed by atoms with Gasteiger partial charge in [0.2, 0.25) is 0 Å². The molecule has 0 aliphatic rings. The fraction of sp³-hybridized carbons (Fsp3) is 0.111. The molecule has 2 heterocycles. The highest BCUT2D eigenvalue weighted by atomic mass is 35.5. The summed E-state index contributed by atoms with van der Waals surface area (Å²) in [6.07, 6.45) is 0. The lowest BCUT2D eigenvalue weighted by Gasteiger charge is -1.86. The summed E-state index contributed by atoms with van der Waals surface area (Å²) in [4.78, 5) is 16.5. The second-order valence-electron chi connectivity index (χ2n) is 2.86. The van der Waals surface area contributed by atoms with Crippen molar-refractivity contribution >= 4 is 40.2 Å². The summed E-state index contributed by atoms with van der Waals surface area (Å²) < 4.78 is 0. The van der Waals surface area contributed by atoms with Crippen molar-refractivity contribution in [2.45, 2.75) is 6.92 Å². The number of thiazole rings is 1. The van der Waals surface area contributed by atoms with Crippen molar-refractivity contribution in [3.8, 4) is 9.88 Å². The fourth-order valence-electron chi connectivity index (χ4n) is 1.13. The van der Waals surface area contributed by atoms with Crippen LogP contribution in [0.4, 0.5) is 0 Å². The molecule has 2 rings (SSSR count). The summed E-state index contributed by atoms with van der Waals surface area (Å²) in [5, 5.41) is 12.0. The zero-order valence-electron chi connectivity index (χ0n) is 7.65. The minimum absolute atomic E-state index is 0.125. The van der Waals surface area contributed by atoms with Gasteiger partial charge >= 0.3 is 5.97 Å². The predicted molar refractivity (Wildman–Crippen MR) is 62.1 cm³/mol. The molecule has 2 aromatic rings. The number of carboxylic acid groups (broad SMARTS) is 1. The van der Waals surface area contributed by atoms with Crippen molar-refractivity contribution in [1.82, 2.24) is 4.98 Å². The number of aromatic nitrogens is 1. The van der Waals surface area contributed by atoms with Crippen LogP contribution in [0.3, 0.4) is 0 Å². The van der Waals surface area contributed by atoms with Gasteiger partial charge in [-0.25, -0.2) is 9.78 Å². The Morgan fingerprint density at radius 3 is 2.80 bits per heavy atom. The number of hydrogen-bond acceptors (Lipinski definition) is 4. The van der Waals surface area contributed by atoms with Crippen LogP contribution in [-0.4, -0.2) is 16.1 Å². The van der Waals surface area contributed by atoms with E-state index < -0.39 is 5.97 Å². The van der Waals surface area contributed by atoms with E-state index in [0.29, 0.717) is 14.9 Å². The molecule has 3 nitrogen and oxygen atoms in total. The molecule has 0 aliphatic heterocycles. The van der Waals surface area contributed by atoms with Gasteiger partial charge in [0.05, 0.1) is 9.90 Å². The second-order valence-corrected chi connectivity index (χ2v) is 5.41. The van der Waals surface area contributed by atoms with Gasteiger partial charge in [-0.05, 0) is 13.0 Å². The number of carbonyl (C=O) groups is 1. The van der Waals surface area contributed by atoms with Crippen molar-refractivity contribution in [2.24, 2.45) is 0 Å². The van der Waals surface area contributed by atoms with Gasteiger partial charge < -0.3 is 5.11 Å². The summed E-state index contributed by atoms with van der Waals surface area (Å²) in [5.41, 5.74) is 0.125. The predicted octanol–water partition coefficient (Wildman–Crippen LogP) is 3.53. The molecule has 0 aromatic carbocycles. The first-order chi connectivity index (χ1) is 7.08. The molecule has 0 saturated heterocycles. The SMILES string of the molecule is Cc1sc(-c2cc(Cl)cs2)nc1C(=O)O. The fourth-order valence-corrected chi connectivity index (χ4v) is 3.17. The normalized spacial score (nSPS) is 10.5. The maximum Gasteiger partial charge on any atom is 0.355 e. The third kappa shape index (κ3) is 2.04. The minimum atomic E-state index is -0.988. The Kier molecular flexibility index (Phi) is 2.77. The van der Waals surface area contributed by atoms with Crippen LogP contribution in [0.2, 0.25) is 5.02 Å². The van der Waals surface area contributed by atoms with Crippen LogP contribution in [0.25, 0.3) is 9.88 Å². The molecule has 0 fully saturated rings. The number of carboxylic acids is 1. The molecule has 0 saturated carbocycles. The third-order valence-corrected chi connectivity index (χ3v) is 4.20. The molecule has 0 atom stereocenters. The first-order valence-electron chi connectivity index (χ1n) is 4.03. The number of aryl methyl sites for hydroxylation is 1. The smallest absolute Gasteiger partial charge is 0.355 e. The summed E-state index contributed by atoms with van der Waals surface area (Å²) in [5.74, 6) is -0.988. The van der Waals surface area contributed by atoms with Gasteiger partial charge in [-0.15, -0.1) is 22.7 Å². The van der Waals surface area contributed by atoms with Crippen LogP contribution in [0, 0.1) is 6.92 Å². The van der Waals surface area contributed by atoms with E-state index in [1.54, 1.807) is 18.4 Å². The maximum atomic E-state index is 10.8. The molecule has 0 bridgehead atoms. The van der Waals surface area contributed by atoms with Crippen molar-refractivity contribution in [3.63, 3.8) is 0 Å². The van der Waals surface area contributed by atoms with Gasteiger partial charge in [-0.3, -0.25) is 0 Å². The summed E-state index contributed by atoms with van der Waals surface area (Å²) >= 11 is 8.62. The van der Waals surface area contributed by atoms with Crippen LogP contribution < -0.4 is 0 Å². The van der Waals surface area contributed by atoms with Crippen LogP contribution >= 0.6 is 34.3 Å². The molecule has 2 aromatic heterocycles. The molecule has 78 valence electrons. The number of nitrogens with zero attached hydrogens (tertiary/aromatic N) is 1. The summed E-state index contributed by atoms with van der Waals surface area (Å²) in [6.45, 7) is 1.75. The van der Waals surface area contributed by atoms with Crippen LogP contribution in [0.15, 0.2) is 11.4 Å².